The average Bonchev–Trinajstić information content (AvgIpc) is 2.95. The lowest BCUT2D eigenvalue weighted by Gasteiger charge is -2.11. The molecule has 2 heterocycles. The number of amides is 1. The molecule has 0 saturated carbocycles. The molecule has 0 aliphatic rings. The first-order valence-corrected chi connectivity index (χ1v) is 7.13. The molecule has 0 fully saturated rings. The standard InChI is InChI=1S/C14H22N6O/c1-6-12-8(2)19-20(10(12)4)7-13(21)15-9(3)14-16-11(5)17-18-14/h9H,6-7H2,1-5H3,(H,15,21)(H,16,17,18)/t9-/m0/s1. The molecular weight excluding hydrogens is 268 g/mol. The first kappa shape index (κ1) is 15.2. The Morgan fingerprint density at radius 3 is 2.62 bits per heavy atom. The second-order valence-corrected chi connectivity index (χ2v) is 5.23. The van der Waals surface area contributed by atoms with Gasteiger partial charge in [0.25, 0.3) is 0 Å². The van der Waals surface area contributed by atoms with Crippen molar-refractivity contribution in [2.45, 2.75) is 53.6 Å². The lowest BCUT2D eigenvalue weighted by atomic mass is 10.1. The van der Waals surface area contributed by atoms with Gasteiger partial charge in [0, 0.05) is 5.69 Å². The number of hydrogen-bond donors (Lipinski definition) is 2. The molecule has 2 aromatic rings. The molecule has 2 aromatic heterocycles. The van der Waals surface area contributed by atoms with Gasteiger partial charge in [-0.1, -0.05) is 6.92 Å². The number of rotatable bonds is 5. The van der Waals surface area contributed by atoms with Crippen LogP contribution in [0.1, 0.15) is 48.5 Å². The van der Waals surface area contributed by atoms with Gasteiger partial charge in [0.05, 0.1) is 11.7 Å². The summed E-state index contributed by atoms with van der Waals surface area (Å²) in [5.74, 6) is 1.22. The Hall–Kier alpha value is -2.18. The van der Waals surface area contributed by atoms with Crippen LogP contribution in [0, 0.1) is 20.8 Å². The van der Waals surface area contributed by atoms with Crippen LogP contribution < -0.4 is 5.32 Å². The maximum Gasteiger partial charge on any atom is 0.242 e. The third kappa shape index (κ3) is 3.29. The van der Waals surface area contributed by atoms with Crippen LogP contribution in [0.2, 0.25) is 0 Å². The lowest BCUT2D eigenvalue weighted by molar-refractivity contribution is -0.122. The molecule has 2 rings (SSSR count). The minimum absolute atomic E-state index is 0.0989. The number of aromatic amines is 1. The molecule has 0 aliphatic heterocycles. The number of carbonyl (C=O) groups is 1. The Morgan fingerprint density at radius 2 is 2.10 bits per heavy atom. The third-order valence-corrected chi connectivity index (χ3v) is 3.56. The Morgan fingerprint density at radius 1 is 1.38 bits per heavy atom. The summed E-state index contributed by atoms with van der Waals surface area (Å²) in [6, 6.07) is -0.231. The van der Waals surface area contributed by atoms with E-state index in [4.69, 9.17) is 0 Å². The molecule has 114 valence electrons. The summed E-state index contributed by atoms with van der Waals surface area (Å²) in [4.78, 5) is 16.3. The molecule has 2 N–H and O–H groups in total. The Balaban J connectivity index is 2.02. The zero-order valence-electron chi connectivity index (χ0n) is 13.2. The van der Waals surface area contributed by atoms with Crippen molar-refractivity contribution in [3.8, 4) is 0 Å². The van der Waals surface area contributed by atoms with Crippen LogP contribution in [0.15, 0.2) is 0 Å². The van der Waals surface area contributed by atoms with Gasteiger partial charge in [-0.3, -0.25) is 14.6 Å². The average molecular weight is 290 g/mol. The molecule has 0 bridgehead atoms. The third-order valence-electron chi connectivity index (χ3n) is 3.56. The topological polar surface area (TPSA) is 88.5 Å². The summed E-state index contributed by atoms with van der Waals surface area (Å²) in [7, 11) is 0. The number of aryl methyl sites for hydroxylation is 2. The van der Waals surface area contributed by atoms with E-state index in [0.29, 0.717) is 5.82 Å². The van der Waals surface area contributed by atoms with Gasteiger partial charge in [-0.15, -0.1) is 0 Å². The highest BCUT2D eigenvalue weighted by atomic mass is 16.2. The predicted molar refractivity (Wildman–Crippen MR) is 78.8 cm³/mol. The smallest absolute Gasteiger partial charge is 0.242 e. The largest absolute Gasteiger partial charge is 0.345 e. The summed E-state index contributed by atoms with van der Waals surface area (Å²) in [5.41, 5.74) is 3.24. The second-order valence-electron chi connectivity index (χ2n) is 5.23. The van der Waals surface area contributed by atoms with Gasteiger partial charge in [0.1, 0.15) is 12.4 Å². The zero-order chi connectivity index (χ0) is 15.6. The van der Waals surface area contributed by atoms with Crippen molar-refractivity contribution in [2.75, 3.05) is 0 Å². The van der Waals surface area contributed by atoms with Gasteiger partial charge >= 0.3 is 0 Å². The van der Waals surface area contributed by atoms with Crippen molar-refractivity contribution in [3.63, 3.8) is 0 Å². The van der Waals surface area contributed by atoms with Crippen LogP contribution in [0.3, 0.4) is 0 Å². The van der Waals surface area contributed by atoms with Gasteiger partial charge in [-0.05, 0) is 39.7 Å². The molecule has 0 saturated heterocycles. The van der Waals surface area contributed by atoms with E-state index < -0.39 is 0 Å². The maximum atomic E-state index is 12.1. The van der Waals surface area contributed by atoms with Gasteiger partial charge in [0.15, 0.2) is 5.82 Å². The van der Waals surface area contributed by atoms with E-state index >= 15 is 0 Å². The molecule has 0 spiro atoms. The molecular formula is C14H22N6O. The fourth-order valence-electron chi connectivity index (χ4n) is 2.44. The summed E-state index contributed by atoms with van der Waals surface area (Å²) < 4.78 is 1.75. The zero-order valence-corrected chi connectivity index (χ0v) is 13.2. The van der Waals surface area contributed by atoms with Crippen molar-refractivity contribution < 1.29 is 4.79 Å². The number of hydrogen-bond acceptors (Lipinski definition) is 4. The molecule has 7 heteroatoms. The van der Waals surface area contributed by atoms with E-state index in [1.165, 1.54) is 5.56 Å². The van der Waals surface area contributed by atoms with E-state index in [2.05, 4.69) is 32.5 Å². The SMILES string of the molecule is CCc1c(C)nn(CC(=O)N[C@@H](C)c2n[nH]c(C)n2)c1C. The molecule has 7 nitrogen and oxygen atoms in total. The van der Waals surface area contributed by atoms with Crippen molar-refractivity contribution in [3.05, 3.63) is 28.6 Å². The number of nitrogens with zero attached hydrogens (tertiary/aromatic N) is 4. The summed E-state index contributed by atoms with van der Waals surface area (Å²) >= 11 is 0. The predicted octanol–water partition coefficient (Wildman–Crippen LogP) is 1.37. The Bertz CT molecular complexity index is 642. The lowest BCUT2D eigenvalue weighted by Crippen LogP contribution is -2.31. The molecule has 0 radical (unpaired) electrons. The Kier molecular flexibility index (Phi) is 4.40. The normalized spacial score (nSPS) is 12.4. The molecule has 21 heavy (non-hydrogen) atoms. The molecule has 0 aromatic carbocycles. The van der Waals surface area contributed by atoms with E-state index in [1.54, 1.807) is 4.68 Å². The molecule has 1 atom stereocenters. The van der Waals surface area contributed by atoms with E-state index in [9.17, 15) is 4.79 Å². The van der Waals surface area contributed by atoms with Gasteiger partial charge < -0.3 is 5.32 Å². The van der Waals surface area contributed by atoms with Crippen LogP contribution in [0.25, 0.3) is 0 Å². The minimum Gasteiger partial charge on any atom is -0.345 e. The number of nitrogens with one attached hydrogen (secondary N) is 2. The van der Waals surface area contributed by atoms with E-state index in [0.717, 1.165) is 23.6 Å². The number of H-pyrrole nitrogens is 1. The fourth-order valence-corrected chi connectivity index (χ4v) is 2.44. The Labute approximate surface area is 124 Å². The van der Waals surface area contributed by atoms with Gasteiger partial charge in [0.2, 0.25) is 5.91 Å². The number of aromatic nitrogens is 5. The van der Waals surface area contributed by atoms with E-state index in [1.807, 2.05) is 27.7 Å². The summed E-state index contributed by atoms with van der Waals surface area (Å²) in [6.07, 6.45) is 0.923. The van der Waals surface area contributed by atoms with Crippen LogP contribution in [0.4, 0.5) is 0 Å². The van der Waals surface area contributed by atoms with Crippen LogP contribution in [0.5, 0.6) is 0 Å². The quantitative estimate of drug-likeness (QED) is 0.870. The minimum atomic E-state index is -0.231. The van der Waals surface area contributed by atoms with Crippen molar-refractivity contribution in [2.24, 2.45) is 0 Å². The molecule has 0 unspecified atom stereocenters. The van der Waals surface area contributed by atoms with Crippen molar-refractivity contribution >= 4 is 5.91 Å². The van der Waals surface area contributed by atoms with Gasteiger partial charge in [-0.25, -0.2) is 4.98 Å². The maximum absolute atomic E-state index is 12.1. The molecule has 0 aliphatic carbocycles. The van der Waals surface area contributed by atoms with Crippen molar-refractivity contribution in [1.82, 2.24) is 30.3 Å². The van der Waals surface area contributed by atoms with Crippen molar-refractivity contribution in [1.29, 1.82) is 0 Å². The highest BCUT2D eigenvalue weighted by Crippen LogP contribution is 2.13. The van der Waals surface area contributed by atoms with Crippen LogP contribution in [-0.2, 0) is 17.8 Å². The second kappa shape index (κ2) is 6.07. The monoisotopic (exact) mass is 290 g/mol. The number of carbonyl (C=O) groups excluding carboxylic acids is 1. The van der Waals surface area contributed by atoms with Gasteiger partial charge in [-0.2, -0.15) is 10.2 Å². The first-order chi connectivity index (χ1) is 9.92. The summed E-state index contributed by atoms with van der Waals surface area (Å²) in [5, 5.41) is 14.1. The highest BCUT2D eigenvalue weighted by molar-refractivity contribution is 5.76. The van der Waals surface area contributed by atoms with Crippen LogP contribution in [-0.4, -0.2) is 30.9 Å². The highest BCUT2D eigenvalue weighted by Gasteiger charge is 2.16. The fraction of sp³-hybridized carbons (Fsp3) is 0.571. The van der Waals surface area contributed by atoms with Crippen LogP contribution >= 0.6 is 0 Å². The first-order valence-electron chi connectivity index (χ1n) is 7.13. The van der Waals surface area contributed by atoms with E-state index in [-0.39, 0.29) is 18.5 Å². The summed E-state index contributed by atoms with van der Waals surface area (Å²) in [6.45, 7) is 9.95. The molecule has 1 amide bonds.